The van der Waals surface area contributed by atoms with E-state index in [1.54, 1.807) is 6.07 Å². The van der Waals surface area contributed by atoms with Gasteiger partial charge in [0.2, 0.25) is 0 Å². The molecule has 2 aromatic rings. The molecular formula is C10H10F3N3. The molecule has 0 aliphatic carbocycles. The van der Waals surface area contributed by atoms with E-state index >= 15 is 0 Å². The van der Waals surface area contributed by atoms with Crippen LogP contribution in [0.2, 0.25) is 0 Å². The molecule has 0 amide bonds. The Labute approximate surface area is 89.9 Å². The van der Waals surface area contributed by atoms with Gasteiger partial charge >= 0.3 is 6.18 Å². The van der Waals surface area contributed by atoms with Crippen LogP contribution in [0.3, 0.4) is 0 Å². The van der Waals surface area contributed by atoms with Crippen LogP contribution in [0.15, 0.2) is 18.5 Å². The van der Waals surface area contributed by atoms with Crippen molar-refractivity contribution < 1.29 is 13.2 Å². The largest absolute Gasteiger partial charge is 0.419 e. The molecule has 0 N–H and O–H groups in total. The Bertz CT molecular complexity index is 513. The van der Waals surface area contributed by atoms with Gasteiger partial charge in [0.1, 0.15) is 0 Å². The molecule has 0 atom stereocenters. The van der Waals surface area contributed by atoms with Crippen molar-refractivity contribution in [2.75, 3.05) is 0 Å². The maximum absolute atomic E-state index is 12.4. The van der Waals surface area contributed by atoms with E-state index in [4.69, 9.17) is 0 Å². The maximum atomic E-state index is 12.4. The highest BCUT2D eigenvalue weighted by Gasteiger charge is 2.31. The Morgan fingerprint density at radius 1 is 1.31 bits per heavy atom. The molecule has 0 fully saturated rings. The molecule has 86 valence electrons. The fraction of sp³-hybridized carbons (Fsp3) is 0.400. The molecule has 6 heteroatoms. The Morgan fingerprint density at radius 2 is 2.00 bits per heavy atom. The first-order valence-electron chi connectivity index (χ1n) is 4.80. The molecular weight excluding hydrogens is 219 g/mol. The predicted molar refractivity (Wildman–Crippen MR) is 52.1 cm³/mol. The first kappa shape index (κ1) is 10.9. The summed E-state index contributed by atoms with van der Waals surface area (Å²) in [5, 5.41) is 4.04. The molecule has 0 radical (unpaired) electrons. The highest BCUT2D eigenvalue weighted by molar-refractivity contribution is 5.40. The van der Waals surface area contributed by atoms with Crippen LogP contribution in [-0.2, 0) is 6.18 Å². The molecule has 0 bridgehead atoms. The van der Waals surface area contributed by atoms with E-state index in [9.17, 15) is 13.2 Å². The zero-order valence-electron chi connectivity index (χ0n) is 8.78. The second-order valence-electron chi connectivity index (χ2n) is 3.87. The molecule has 0 spiro atoms. The fourth-order valence-corrected chi connectivity index (χ4v) is 1.32. The summed E-state index contributed by atoms with van der Waals surface area (Å²) < 4.78 is 38.4. The minimum absolute atomic E-state index is 0.163. The van der Waals surface area contributed by atoms with Crippen molar-refractivity contribution in [1.29, 1.82) is 0 Å². The first-order valence-corrected chi connectivity index (χ1v) is 4.80. The van der Waals surface area contributed by atoms with Crippen LogP contribution in [0.25, 0.3) is 5.65 Å². The van der Waals surface area contributed by atoms with E-state index < -0.39 is 11.7 Å². The quantitative estimate of drug-likeness (QED) is 0.752. The topological polar surface area (TPSA) is 30.2 Å². The van der Waals surface area contributed by atoms with Gasteiger partial charge in [0, 0.05) is 18.5 Å². The normalized spacial score (nSPS) is 12.6. The second-order valence-corrected chi connectivity index (χ2v) is 3.87. The summed E-state index contributed by atoms with van der Waals surface area (Å²) >= 11 is 0. The number of halogens is 3. The van der Waals surface area contributed by atoms with Gasteiger partial charge in [-0.1, -0.05) is 13.8 Å². The molecule has 0 aromatic carbocycles. The monoisotopic (exact) mass is 229 g/mol. The molecule has 2 rings (SSSR count). The van der Waals surface area contributed by atoms with Gasteiger partial charge in [-0.15, -0.1) is 0 Å². The molecule has 0 unspecified atom stereocenters. The van der Waals surface area contributed by atoms with E-state index in [0.29, 0.717) is 5.65 Å². The van der Waals surface area contributed by atoms with Gasteiger partial charge in [0.25, 0.3) is 0 Å². The Kier molecular flexibility index (Phi) is 2.36. The third-order valence-corrected chi connectivity index (χ3v) is 2.25. The number of fused-ring (bicyclic) bond motifs is 1. The van der Waals surface area contributed by atoms with Crippen molar-refractivity contribution >= 4 is 5.65 Å². The molecule has 0 aliphatic rings. The van der Waals surface area contributed by atoms with Crippen LogP contribution in [0.5, 0.6) is 0 Å². The van der Waals surface area contributed by atoms with Crippen LogP contribution in [0.4, 0.5) is 13.2 Å². The molecule has 0 saturated carbocycles. The summed E-state index contributed by atoms with van der Waals surface area (Å²) in [5.41, 5.74) is 0.363. The van der Waals surface area contributed by atoms with E-state index in [2.05, 4.69) is 10.1 Å². The van der Waals surface area contributed by atoms with E-state index in [0.717, 1.165) is 22.6 Å². The fourth-order valence-electron chi connectivity index (χ4n) is 1.32. The lowest BCUT2D eigenvalue weighted by Gasteiger charge is -2.05. The van der Waals surface area contributed by atoms with Crippen LogP contribution in [-0.4, -0.2) is 14.6 Å². The second kappa shape index (κ2) is 3.47. The number of hydrogen-bond donors (Lipinski definition) is 0. The van der Waals surface area contributed by atoms with Gasteiger partial charge in [-0.05, 0) is 5.92 Å². The number of rotatable bonds is 1. The third-order valence-electron chi connectivity index (χ3n) is 2.25. The highest BCUT2D eigenvalue weighted by Crippen LogP contribution is 2.28. The first-order chi connectivity index (χ1) is 7.38. The average Bonchev–Trinajstić information content (AvgIpc) is 2.58. The minimum atomic E-state index is -4.38. The van der Waals surface area contributed by atoms with Crippen molar-refractivity contribution in [1.82, 2.24) is 14.6 Å². The lowest BCUT2D eigenvalue weighted by atomic mass is 10.1. The van der Waals surface area contributed by atoms with Crippen LogP contribution < -0.4 is 0 Å². The van der Waals surface area contributed by atoms with Gasteiger partial charge in [-0.3, -0.25) is 0 Å². The van der Waals surface area contributed by atoms with Crippen molar-refractivity contribution in [3.63, 3.8) is 0 Å². The molecule has 0 aliphatic heterocycles. The Balaban J connectivity index is 2.54. The summed E-state index contributed by atoms with van der Waals surface area (Å²) in [6.45, 7) is 3.85. The number of nitrogens with zero attached hydrogens (tertiary/aromatic N) is 3. The van der Waals surface area contributed by atoms with E-state index in [1.807, 2.05) is 13.8 Å². The van der Waals surface area contributed by atoms with E-state index in [-0.39, 0.29) is 5.92 Å². The summed E-state index contributed by atoms with van der Waals surface area (Å²) in [4.78, 5) is 3.73. The zero-order chi connectivity index (χ0) is 11.9. The Hall–Kier alpha value is -1.59. The van der Waals surface area contributed by atoms with Crippen LogP contribution in [0, 0.1) is 0 Å². The van der Waals surface area contributed by atoms with Crippen LogP contribution >= 0.6 is 0 Å². The summed E-state index contributed by atoms with van der Waals surface area (Å²) in [7, 11) is 0. The number of alkyl halides is 3. The lowest BCUT2D eigenvalue weighted by molar-refractivity contribution is -0.138. The van der Waals surface area contributed by atoms with Gasteiger partial charge in [0.15, 0.2) is 5.65 Å². The van der Waals surface area contributed by atoms with Crippen molar-refractivity contribution in [2.24, 2.45) is 0 Å². The zero-order valence-corrected chi connectivity index (χ0v) is 8.78. The van der Waals surface area contributed by atoms with Gasteiger partial charge in [-0.25, -0.2) is 9.50 Å². The number of aromatic nitrogens is 3. The standard InChI is InChI=1S/C10H10F3N3/c1-6(2)8-3-9-14-4-7(10(11,12)13)5-16(9)15-8/h3-6H,1-2H3. The summed E-state index contributed by atoms with van der Waals surface area (Å²) in [6.07, 6.45) is -2.61. The van der Waals surface area contributed by atoms with Gasteiger partial charge < -0.3 is 0 Å². The van der Waals surface area contributed by atoms with Crippen molar-refractivity contribution in [2.45, 2.75) is 25.9 Å². The molecule has 16 heavy (non-hydrogen) atoms. The predicted octanol–water partition coefficient (Wildman–Crippen LogP) is 2.87. The summed E-state index contributed by atoms with van der Waals surface area (Å²) in [6, 6.07) is 1.69. The highest BCUT2D eigenvalue weighted by atomic mass is 19.4. The summed E-state index contributed by atoms with van der Waals surface area (Å²) in [5.74, 6) is 0.163. The molecule has 0 saturated heterocycles. The molecule has 3 nitrogen and oxygen atoms in total. The maximum Gasteiger partial charge on any atom is 0.419 e. The molecule has 2 aromatic heterocycles. The van der Waals surface area contributed by atoms with Crippen molar-refractivity contribution in [3.05, 3.63) is 29.7 Å². The number of hydrogen-bond acceptors (Lipinski definition) is 2. The smallest absolute Gasteiger partial charge is 0.236 e. The lowest BCUT2D eigenvalue weighted by Crippen LogP contribution is -2.07. The minimum Gasteiger partial charge on any atom is -0.236 e. The van der Waals surface area contributed by atoms with Crippen molar-refractivity contribution in [3.8, 4) is 0 Å². The molecule has 2 heterocycles. The van der Waals surface area contributed by atoms with Gasteiger partial charge in [-0.2, -0.15) is 18.3 Å². The van der Waals surface area contributed by atoms with Gasteiger partial charge in [0.05, 0.1) is 11.3 Å². The van der Waals surface area contributed by atoms with Crippen LogP contribution in [0.1, 0.15) is 31.0 Å². The van der Waals surface area contributed by atoms with E-state index in [1.165, 1.54) is 0 Å². The average molecular weight is 229 g/mol. The third kappa shape index (κ3) is 1.87. The SMILES string of the molecule is CC(C)c1cc2ncc(C(F)(F)F)cn2n1. The Morgan fingerprint density at radius 3 is 2.56 bits per heavy atom.